The Morgan fingerprint density at radius 2 is 1.69 bits per heavy atom. The molecule has 2 aromatic carbocycles. The number of nitrogens with zero attached hydrogens (tertiary/aromatic N) is 5. The summed E-state index contributed by atoms with van der Waals surface area (Å²) >= 11 is 12.8. The lowest BCUT2D eigenvalue weighted by atomic mass is 9.92. The molecule has 3 heterocycles. The molecule has 0 spiro atoms. The fourth-order valence-electron chi connectivity index (χ4n) is 5.42. The summed E-state index contributed by atoms with van der Waals surface area (Å²) in [5.74, 6) is 0.0659. The van der Waals surface area contributed by atoms with E-state index >= 15 is 0 Å². The van der Waals surface area contributed by atoms with Crippen LogP contribution in [0.3, 0.4) is 0 Å². The quantitative estimate of drug-likeness (QED) is 0.132. The van der Waals surface area contributed by atoms with Crippen molar-refractivity contribution in [3.05, 3.63) is 115 Å². The molecule has 49 heavy (non-hydrogen) atoms. The highest BCUT2D eigenvalue weighted by Crippen LogP contribution is 2.38. The van der Waals surface area contributed by atoms with E-state index < -0.39 is 12.0 Å². The van der Waals surface area contributed by atoms with Gasteiger partial charge in [0.2, 0.25) is 5.88 Å². The van der Waals surface area contributed by atoms with Crippen LogP contribution in [0.1, 0.15) is 65.6 Å². The number of pyridine rings is 1. The first-order valence-electron chi connectivity index (χ1n) is 15.4. The summed E-state index contributed by atoms with van der Waals surface area (Å²) in [6, 6.07) is 15.6. The number of benzene rings is 2. The highest BCUT2D eigenvalue weighted by atomic mass is 35.5. The predicted octanol–water partition coefficient (Wildman–Crippen LogP) is 6.71. The molecule has 14 heteroatoms. The summed E-state index contributed by atoms with van der Waals surface area (Å²) < 4.78 is 24.7. The number of nitrogens with one attached hydrogen (secondary N) is 1. The van der Waals surface area contributed by atoms with Crippen LogP contribution in [0, 0.1) is 0 Å². The lowest BCUT2D eigenvalue weighted by Crippen LogP contribution is -2.23. The van der Waals surface area contributed by atoms with Crippen molar-refractivity contribution >= 4 is 34.9 Å². The molecule has 0 aliphatic carbocycles. The van der Waals surface area contributed by atoms with Gasteiger partial charge in [0.15, 0.2) is 5.69 Å². The third-order valence-electron chi connectivity index (χ3n) is 7.65. The first kappa shape index (κ1) is 35.2. The largest absolute Gasteiger partial charge is 0.497 e. The topological polar surface area (TPSA) is 132 Å². The number of anilines is 1. The first-order chi connectivity index (χ1) is 23.6. The zero-order valence-electron chi connectivity index (χ0n) is 27.9. The van der Waals surface area contributed by atoms with E-state index in [9.17, 15) is 9.59 Å². The van der Waals surface area contributed by atoms with Crippen molar-refractivity contribution in [3.63, 3.8) is 0 Å². The SMILES string of the molecule is CCOC(=O)c1nn(-c2cnc(OC)nc2OC)c(C(C)C)c1C(Nc1cc(Cl)c(=O)n(Cc2ccc(OC)cc2)c1)c1ccc(Cl)cc1. The Kier molecular flexibility index (Phi) is 11.1. The molecular weight excluding hydrogens is 671 g/mol. The molecular formula is C35H36Cl2N6O6. The number of aromatic nitrogens is 5. The number of hydrogen-bond donors (Lipinski definition) is 1. The van der Waals surface area contributed by atoms with Gasteiger partial charge in [-0.1, -0.05) is 61.3 Å². The standard InChI is InChI=1S/C35H36Cl2N6O6/c1-7-49-34(45)30-28(31(20(2)3)43(41-30)27-17-38-35(48-6)40-32(27)47-5)29(22-10-12-23(36)13-11-22)39-24-16-26(37)33(44)42(19-24)18-21-8-14-25(46-4)15-9-21/h8-17,19-20,29,39H,7,18H2,1-6H3. The molecule has 0 bridgehead atoms. The van der Waals surface area contributed by atoms with Gasteiger partial charge in [-0.3, -0.25) is 4.79 Å². The minimum absolute atomic E-state index is 0.0129. The van der Waals surface area contributed by atoms with Crippen LogP contribution in [0.25, 0.3) is 5.69 Å². The summed E-state index contributed by atoms with van der Waals surface area (Å²) in [6.45, 7) is 6.06. The van der Waals surface area contributed by atoms with Gasteiger partial charge in [-0.15, -0.1) is 0 Å². The molecule has 0 radical (unpaired) electrons. The smallest absolute Gasteiger partial charge is 0.359 e. The van der Waals surface area contributed by atoms with E-state index in [4.69, 9.17) is 47.2 Å². The Morgan fingerprint density at radius 1 is 0.980 bits per heavy atom. The molecule has 12 nitrogen and oxygen atoms in total. The van der Waals surface area contributed by atoms with Crippen molar-refractivity contribution in [2.24, 2.45) is 0 Å². The van der Waals surface area contributed by atoms with E-state index in [-0.39, 0.29) is 47.2 Å². The minimum Gasteiger partial charge on any atom is -0.497 e. The van der Waals surface area contributed by atoms with Gasteiger partial charge in [0.1, 0.15) is 16.5 Å². The summed E-state index contributed by atoms with van der Waals surface area (Å²) in [6.07, 6.45) is 3.20. The molecule has 5 rings (SSSR count). The average molecular weight is 708 g/mol. The lowest BCUT2D eigenvalue weighted by Gasteiger charge is -2.24. The molecule has 3 aromatic heterocycles. The molecule has 0 saturated carbocycles. The van der Waals surface area contributed by atoms with Crippen molar-refractivity contribution in [2.45, 2.75) is 39.3 Å². The Labute approximate surface area is 293 Å². The molecule has 0 amide bonds. The summed E-state index contributed by atoms with van der Waals surface area (Å²) in [7, 11) is 4.52. The van der Waals surface area contributed by atoms with E-state index in [1.54, 1.807) is 43.1 Å². The normalized spacial score (nSPS) is 11.7. The predicted molar refractivity (Wildman–Crippen MR) is 187 cm³/mol. The van der Waals surface area contributed by atoms with Crippen LogP contribution in [-0.4, -0.2) is 58.2 Å². The second-order valence-corrected chi connectivity index (χ2v) is 12.0. The van der Waals surface area contributed by atoms with Gasteiger partial charge >= 0.3 is 12.0 Å². The molecule has 1 unspecified atom stereocenters. The maximum Gasteiger partial charge on any atom is 0.359 e. The zero-order chi connectivity index (χ0) is 35.2. The number of hydrogen-bond acceptors (Lipinski definition) is 10. The summed E-state index contributed by atoms with van der Waals surface area (Å²) in [4.78, 5) is 35.5. The fraction of sp³-hybridized carbons (Fsp3) is 0.286. The van der Waals surface area contributed by atoms with Crippen molar-refractivity contribution in [1.29, 1.82) is 0 Å². The number of methoxy groups -OCH3 is 3. The average Bonchev–Trinajstić information content (AvgIpc) is 3.50. The molecule has 1 atom stereocenters. The number of halogens is 2. The highest BCUT2D eigenvalue weighted by Gasteiger charge is 2.34. The van der Waals surface area contributed by atoms with Crippen LogP contribution in [0.5, 0.6) is 17.6 Å². The monoisotopic (exact) mass is 706 g/mol. The maximum absolute atomic E-state index is 13.7. The zero-order valence-corrected chi connectivity index (χ0v) is 29.4. The number of carbonyl (C=O) groups excluding carboxylic acids is 1. The van der Waals surface area contributed by atoms with Gasteiger partial charge in [0.05, 0.1) is 58.1 Å². The Morgan fingerprint density at radius 3 is 2.31 bits per heavy atom. The number of ether oxygens (including phenoxy) is 4. The summed E-state index contributed by atoms with van der Waals surface area (Å²) in [5.41, 5.74) is 3.40. The lowest BCUT2D eigenvalue weighted by molar-refractivity contribution is 0.0517. The van der Waals surface area contributed by atoms with E-state index in [0.717, 1.165) is 11.1 Å². The molecule has 0 fully saturated rings. The Balaban J connectivity index is 1.72. The van der Waals surface area contributed by atoms with Crippen LogP contribution >= 0.6 is 23.2 Å². The minimum atomic E-state index is -0.712. The van der Waals surface area contributed by atoms with Crippen molar-refractivity contribution in [2.75, 3.05) is 33.3 Å². The van der Waals surface area contributed by atoms with E-state index in [0.29, 0.717) is 33.4 Å². The third kappa shape index (κ3) is 7.65. The number of esters is 1. The van der Waals surface area contributed by atoms with E-state index in [1.807, 2.05) is 50.2 Å². The fourth-order valence-corrected chi connectivity index (χ4v) is 5.78. The molecule has 0 aliphatic rings. The van der Waals surface area contributed by atoms with Crippen molar-refractivity contribution < 1.29 is 23.7 Å². The molecule has 0 aliphatic heterocycles. The van der Waals surface area contributed by atoms with Gasteiger partial charge in [-0.2, -0.15) is 10.1 Å². The number of rotatable bonds is 13. The Hall–Kier alpha value is -5.07. The van der Waals surface area contributed by atoms with E-state index in [2.05, 4.69) is 15.3 Å². The van der Waals surface area contributed by atoms with Crippen LogP contribution < -0.4 is 25.1 Å². The van der Waals surface area contributed by atoms with Crippen LogP contribution in [0.2, 0.25) is 10.0 Å². The van der Waals surface area contributed by atoms with Crippen LogP contribution in [0.4, 0.5) is 5.69 Å². The van der Waals surface area contributed by atoms with Gasteiger partial charge < -0.3 is 28.8 Å². The van der Waals surface area contributed by atoms with Crippen molar-refractivity contribution in [1.82, 2.24) is 24.3 Å². The highest BCUT2D eigenvalue weighted by molar-refractivity contribution is 6.30. The second-order valence-electron chi connectivity index (χ2n) is 11.2. The second kappa shape index (κ2) is 15.4. The molecule has 0 saturated heterocycles. The third-order valence-corrected chi connectivity index (χ3v) is 8.17. The Bertz CT molecular complexity index is 1990. The van der Waals surface area contributed by atoms with Crippen molar-refractivity contribution in [3.8, 4) is 23.3 Å². The summed E-state index contributed by atoms with van der Waals surface area (Å²) in [5, 5.41) is 8.87. The van der Waals surface area contributed by atoms with E-state index in [1.165, 1.54) is 25.0 Å². The van der Waals surface area contributed by atoms with Crippen LogP contribution in [0.15, 0.2) is 71.8 Å². The van der Waals surface area contributed by atoms with Gasteiger partial charge in [-0.25, -0.2) is 14.5 Å². The van der Waals surface area contributed by atoms with Gasteiger partial charge in [0.25, 0.3) is 5.56 Å². The molecule has 256 valence electrons. The first-order valence-corrected chi connectivity index (χ1v) is 16.1. The van der Waals surface area contributed by atoms with Gasteiger partial charge in [-0.05, 0) is 54.3 Å². The molecule has 5 aromatic rings. The maximum atomic E-state index is 13.7. The van der Waals surface area contributed by atoms with Gasteiger partial charge in [0, 0.05) is 16.8 Å². The van der Waals surface area contributed by atoms with Crippen LogP contribution in [-0.2, 0) is 11.3 Å². The number of carbonyl (C=O) groups is 1. The molecule has 1 N–H and O–H groups in total.